The normalized spacial score (nSPS) is 26.1. The molecule has 0 saturated carbocycles. The smallest absolute Gasteiger partial charge is 0.0936 e. The first kappa shape index (κ1) is 11.0. The third kappa shape index (κ3) is 4.10. The van der Waals surface area contributed by atoms with Crippen molar-refractivity contribution in [3.8, 4) is 0 Å². The number of hydrogen-bond donors (Lipinski definition) is 0. The first-order valence-electron chi connectivity index (χ1n) is 5.43. The zero-order valence-corrected chi connectivity index (χ0v) is 9.42. The van der Waals surface area contributed by atoms with Crippen LogP contribution in [-0.4, -0.2) is 37.7 Å². The van der Waals surface area contributed by atoms with Gasteiger partial charge >= 0.3 is 0 Å². The summed E-state index contributed by atoms with van der Waals surface area (Å²) in [6.07, 6.45) is 1.82. The van der Waals surface area contributed by atoms with Gasteiger partial charge in [-0.2, -0.15) is 0 Å². The van der Waals surface area contributed by atoms with E-state index in [1.165, 1.54) is 13.0 Å². The third-order valence-corrected chi connectivity index (χ3v) is 3.13. The summed E-state index contributed by atoms with van der Waals surface area (Å²) in [6.45, 7) is 10.2. The molecule has 0 radical (unpaired) electrons. The van der Waals surface area contributed by atoms with Gasteiger partial charge < -0.3 is 9.64 Å². The minimum Gasteiger partial charge on any atom is -0.372 e. The fourth-order valence-electron chi connectivity index (χ4n) is 1.67. The molecule has 78 valence electrons. The minimum atomic E-state index is 0.536. The Bertz CT molecular complexity index is 145. The van der Waals surface area contributed by atoms with Crippen LogP contribution in [0.2, 0.25) is 0 Å². The van der Waals surface area contributed by atoms with E-state index in [2.05, 4.69) is 32.7 Å². The van der Waals surface area contributed by atoms with Gasteiger partial charge in [0.25, 0.3) is 0 Å². The lowest BCUT2D eigenvalue weighted by atomic mass is 9.93. The maximum atomic E-state index is 5.21. The van der Waals surface area contributed by atoms with E-state index in [9.17, 15) is 0 Å². The van der Waals surface area contributed by atoms with Gasteiger partial charge in [0, 0.05) is 13.1 Å². The molecular formula is C11H23NO. The number of epoxide rings is 1. The molecular weight excluding hydrogens is 162 g/mol. The summed E-state index contributed by atoms with van der Waals surface area (Å²) < 4.78 is 5.21. The highest BCUT2D eigenvalue weighted by molar-refractivity contribution is 4.74. The van der Waals surface area contributed by atoms with Crippen LogP contribution in [0.3, 0.4) is 0 Å². The molecule has 0 aromatic heterocycles. The molecule has 0 N–H and O–H groups in total. The summed E-state index contributed by atoms with van der Waals surface area (Å²) in [5.41, 5.74) is 0. The third-order valence-electron chi connectivity index (χ3n) is 3.13. The average molecular weight is 185 g/mol. The van der Waals surface area contributed by atoms with Crippen LogP contribution in [0.4, 0.5) is 0 Å². The molecule has 2 heteroatoms. The zero-order valence-electron chi connectivity index (χ0n) is 9.42. The van der Waals surface area contributed by atoms with Gasteiger partial charge in [-0.3, -0.25) is 0 Å². The second-order valence-electron chi connectivity index (χ2n) is 4.54. The molecule has 0 bridgehead atoms. The molecule has 1 rings (SSSR count). The van der Waals surface area contributed by atoms with Crippen LogP contribution in [-0.2, 0) is 4.74 Å². The van der Waals surface area contributed by atoms with E-state index in [1.807, 2.05) is 0 Å². The monoisotopic (exact) mass is 185 g/mol. The van der Waals surface area contributed by atoms with Crippen molar-refractivity contribution in [3.05, 3.63) is 0 Å². The topological polar surface area (TPSA) is 15.8 Å². The first-order valence-corrected chi connectivity index (χ1v) is 5.43. The van der Waals surface area contributed by atoms with E-state index in [1.54, 1.807) is 0 Å². The minimum absolute atomic E-state index is 0.536. The lowest BCUT2D eigenvalue weighted by molar-refractivity contribution is 0.220. The molecule has 1 heterocycles. The molecule has 1 saturated heterocycles. The first-order chi connectivity index (χ1) is 6.13. The molecule has 2 nitrogen and oxygen atoms in total. The van der Waals surface area contributed by atoms with E-state index in [0.29, 0.717) is 6.10 Å². The van der Waals surface area contributed by atoms with Crippen molar-refractivity contribution in [3.63, 3.8) is 0 Å². The number of rotatable bonds is 6. The average Bonchev–Trinajstić information content (AvgIpc) is 2.86. The summed E-state index contributed by atoms with van der Waals surface area (Å²) in [5, 5.41) is 0. The summed E-state index contributed by atoms with van der Waals surface area (Å²) in [6, 6.07) is 0. The molecule has 0 amide bonds. The summed E-state index contributed by atoms with van der Waals surface area (Å²) in [5.74, 6) is 1.64. The van der Waals surface area contributed by atoms with Crippen LogP contribution in [0, 0.1) is 11.8 Å². The summed E-state index contributed by atoms with van der Waals surface area (Å²) in [4.78, 5) is 2.40. The van der Waals surface area contributed by atoms with Crippen LogP contribution in [0.5, 0.6) is 0 Å². The van der Waals surface area contributed by atoms with Crippen molar-refractivity contribution in [2.45, 2.75) is 33.3 Å². The van der Waals surface area contributed by atoms with Gasteiger partial charge in [0.1, 0.15) is 0 Å². The van der Waals surface area contributed by atoms with Crippen LogP contribution < -0.4 is 0 Å². The Kier molecular flexibility index (Phi) is 4.20. The molecule has 0 aromatic rings. The van der Waals surface area contributed by atoms with Crippen molar-refractivity contribution in [1.82, 2.24) is 4.90 Å². The van der Waals surface area contributed by atoms with Gasteiger partial charge in [0.05, 0.1) is 12.7 Å². The maximum Gasteiger partial charge on any atom is 0.0936 e. The quantitative estimate of drug-likeness (QED) is 0.588. The fourth-order valence-corrected chi connectivity index (χ4v) is 1.67. The molecule has 3 atom stereocenters. The fraction of sp³-hybridized carbons (Fsp3) is 1.00. The van der Waals surface area contributed by atoms with Gasteiger partial charge in [0.15, 0.2) is 0 Å². The molecule has 1 aliphatic heterocycles. The molecule has 13 heavy (non-hydrogen) atoms. The van der Waals surface area contributed by atoms with E-state index in [-0.39, 0.29) is 0 Å². The van der Waals surface area contributed by atoms with Crippen molar-refractivity contribution < 1.29 is 4.74 Å². The Morgan fingerprint density at radius 2 is 2.00 bits per heavy atom. The lowest BCUT2D eigenvalue weighted by Crippen LogP contribution is -2.30. The SMILES string of the molecule is CCC(C)C(C)CN(C)CC1CO1. The Balaban J connectivity index is 2.13. The molecule has 1 aliphatic rings. The van der Waals surface area contributed by atoms with Crippen molar-refractivity contribution in [2.75, 3.05) is 26.7 Å². The standard InChI is InChI=1S/C11H23NO/c1-5-9(2)10(3)6-12(4)7-11-8-13-11/h9-11H,5-8H2,1-4H3. The van der Waals surface area contributed by atoms with Gasteiger partial charge in [-0.1, -0.05) is 27.2 Å². The number of hydrogen-bond acceptors (Lipinski definition) is 2. The Morgan fingerprint density at radius 3 is 2.46 bits per heavy atom. The molecule has 0 spiro atoms. The predicted molar refractivity (Wildman–Crippen MR) is 55.9 cm³/mol. The summed E-state index contributed by atoms with van der Waals surface area (Å²) in [7, 11) is 2.19. The van der Waals surface area contributed by atoms with Gasteiger partial charge in [-0.15, -0.1) is 0 Å². The predicted octanol–water partition coefficient (Wildman–Crippen LogP) is 2.00. The van der Waals surface area contributed by atoms with E-state index in [0.717, 1.165) is 25.0 Å². The number of nitrogens with zero attached hydrogens (tertiary/aromatic N) is 1. The van der Waals surface area contributed by atoms with Crippen LogP contribution >= 0.6 is 0 Å². The lowest BCUT2D eigenvalue weighted by Gasteiger charge is -2.24. The van der Waals surface area contributed by atoms with Crippen molar-refractivity contribution in [2.24, 2.45) is 11.8 Å². The van der Waals surface area contributed by atoms with Gasteiger partial charge in [-0.05, 0) is 18.9 Å². The number of ether oxygens (including phenoxy) is 1. The Morgan fingerprint density at radius 1 is 1.38 bits per heavy atom. The highest BCUT2D eigenvalue weighted by Gasteiger charge is 2.24. The largest absolute Gasteiger partial charge is 0.372 e. The Labute approximate surface area is 82.3 Å². The zero-order chi connectivity index (χ0) is 9.84. The molecule has 0 aliphatic carbocycles. The van der Waals surface area contributed by atoms with Crippen LogP contribution in [0.15, 0.2) is 0 Å². The molecule has 1 fully saturated rings. The molecule has 3 unspecified atom stereocenters. The second-order valence-corrected chi connectivity index (χ2v) is 4.54. The highest BCUT2D eigenvalue weighted by Crippen LogP contribution is 2.17. The van der Waals surface area contributed by atoms with Crippen LogP contribution in [0.1, 0.15) is 27.2 Å². The van der Waals surface area contributed by atoms with Gasteiger partial charge in [0.2, 0.25) is 0 Å². The van der Waals surface area contributed by atoms with Gasteiger partial charge in [-0.25, -0.2) is 0 Å². The van der Waals surface area contributed by atoms with Crippen LogP contribution in [0.25, 0.3) is 0 Å². The second kappa shape index (κ2) is 4.97. The Hall–Kier alpha value is -0.0800. The van der Waals surface area contributed by atoms with E-state index in [4.69, 9.17) is 4.74 Å². The summed E-state index contributed by atoms with van der Waals surface area (Å²) >= 11 is 0. The highest BCUT2D eigenvalue weighted by atomic mass is 16.6. The number of likely N-dealkylation sites (N-methyl/N-ethyl adjacent to an activating group) is 1. The van der Waals surface area contributed by atoms with Crippen molar-refractivity contribution in [1.29, 1.82) is 0 Å². The van der Waals surface area contributed by atoms with E-state index < -0.39 is 0 Å². The van der Waals surface area contributed by atoms with Crippen molar-refractivity contribution >= 4 is 0 Å². The maximum absolute atomic E-state index is 5.21. The van der Waals surface area contributed by atoms with E-state index >= 15 is 0 Å². The molecule has 0 aromatic carbocycles.